The minimum Gasteiger partial charge on any atom is -0.481 e. The highest BCUT2D eigenvalue weighted by molar-refractivity contribution is 7.85. The summed E-state index contributed by atoms with van der Waals surface area (Å²) in [5, 5.41) is 2.10. The summed E-state index contributed by atoms with van der Waals surface area (Å²) in [4.78, 5) is 31.3. The van der Waals surface area contributed by atoms with Crippen LogP contribution in [0.2, 0.25) is 0 Å². The van der Waals surface area contributed by atoms with E-state index in [-0.39, 0.29) is 29.0 Å². The van der Waals surface area contributed by atoms with E-state index in [2.05, 4.69) is 20.0 Å². The maximum absolute atomic E-state index is 12.1. The molecular weight excluding hydrogens is 396 g/mol. The van der Waals surface area contributed by atoms with Gasteiger partial charge in [-0.05, 0) is 12.1 Å². The Morgan fingerprint density at radius 2 is 1.61 bits per heavy atom. The highest BCUT2D eigenvalue weighted by Crippen LogP contribution is 2.20. The van der Waals surface area contributed by atoms with E-state index in [1.807, 2.05) is 0 Å². The van der Waals surface area contributed by atoms with Crippen LogP contribution in [0.15, 0.2) is 30.3 Å². The van der Waals surface area contributed by atoms with Gasteiger partial charge < -0.3 is 18.4 Å². The number of hydrogen-bond donors (Lipinski definition) is 2. The van der Waals surface area contributed by atoms with Crippen molar-refractivity contribution in [3.63, 3.8) is 0 Å². The van der Waals surface area contributed by atoms with Crippen LogP contribution in [0.3, 0.4) is 0 Å². The predicted octanol–water partition coefficient (Wildman–Crippen LogP) is 0.726. The largest absolute Gasteiger partial charge is 0.481 e. The van der Waals surface area contributed by atoms with Crippen molar-refractivity contribution in [3.8, 4) is 17.5 Å². The van der Waals surface area contributed by atoms with Crippen molar-refractivity contribution in [1.82, 2.24) is 14.7 Å². The molecule has 150 valence electrons. The maximum atomic E-state index is 12.1. The normalized spacial score (nSPS) is 10.5. The number of rotatable bonds is 7. The predicted molar refractivity (Wildman–Crippen MR) is 94.6 cm³/mol. The molecule has 28 heavy (non-hydrogen) atoms. The molecule has 2 aromatic rings. The number of carbonyl (C=O) groups is 2. The lowest BCUT2D eigenvalue weighted by Gasteiger charge is -2.11. The van der Waals surface area contributed by atoms with Gasteiger partial charge in [0.1, 0.15) is 5.56 Å². The molecule has 13 heteroatoms. The molecule has 0 saturated heterocycles. The standard InChI is InChI=1S/C15H16N4O8S/c1-24-11-8-12(25-2)17-14(16-11)18-15(21)19-28(22,23)27-10-7-5-4-6-9(10)13(20)26-3/h4-8H,1-3H3,(H2,16,17,18,19,21). The molecule has 0 radical (unpaired) electrons. The van der Waals surface area contributed by atoms with Gasteiger partial charge in [-0.3, -0.25) is 5.32 Å². The maximum Gasteiger partial charge on any atom is 0.411 e. The lowest BCUT2D eigenvalue weighted by atomic mass is 10.2. The van der Waals surface area contributed by atoms with E-state index in [1.54, 1.807) is 4.72 Å². The Labute approximate surface area is 160 Å². The SMILES string of the molecule is COC(=O)c1ccccc1OS(=O)(=O)NC(=O)Nc1nc(OC)cc(OC)n1. The molecule has 2 rings (SSSR count). The molecule has 0 aliphatic rings. The molecule has 0 spiro atoms. The lowest BCUT2D eigenvalue weighted by molar-refractivity contribution is 0.0599. The Kier molecular flexibility index (Phi) is 6.55. The zero-order valence-electron chi connectivity index (χ0n) is 15.0. The molecule has 2 N–H and O–H groups in total. The average molecular weight is 412 g/mol. The Morgan fingerprint density at radius 1 is 1.00 bits per heavy atom. The van der Waals surface area contributed by atoms with Crippen LogP contribution in [0.25, 0.3) is 0 Å². The van der Waals surface area contributed by atoms with E-state index in [4.69, 9.17) is 13.7 Å². The first-order chi connectivity index (χ1) is 13.3. The van der Waals surface area contributed by atoms with Gasteiger partial charge in [-0.15, -0.1) is 0 Å². The molecule has 1 aromatic heterocycles. The number of esters is 1. The van der Waals surface area contributed by atoms with Crippen LogP contribution in [-0.4, -0.2) is 51.7 Å². The topological polar surface area (TPSA) is 155 Å². The molecule has 0 bridgehead atoms. The molecule has 0 saturated carbocycles. The third-order valence-corrected chi connectivity index (χ3v) is 3.87. The molecule has 1 heterocycles. The van der Waals surface area contributed by atoms with Gasteiger partial charge in [-0.2, -0.15) is 18.4 Å². The first kappa shape index (κ1) is 20.7. The lowest BCUT2D eigenvalue weighted by Crippen LogP contribution is -2.37. The number of hydrogen-bond acceptors (Lipinski definition) is 10. The van der Waals surface area contributed by atoms with Gasteiger partial charge in [-0.25, -0.2) is 14.3 Å². The van der Waals surface area contributed by atoms with Gasteiger partial charge >= 0.3 is 22.3 Å². The van der Waals surface area contributed by atoms with E-state index in [9.17, 15) is 18.0 Å². The van der Waals surface area contributed by atoms with Crippen molar-refractivity contribution in [2.24, 2.45) is 0 Å². The summed E-state index contributed by atoms with van der Waals surface area (Å²) in [6.07, 6.45) is 0. The number of aromatic nitrogens is 2. The van der Waals surface area contributed by atoms with Crippen LogP contribution >= 0.6 is 0 Å². The Morgan fingerprint density at radius 3 is 2.18 bits per heavy atom. The fourth-order valence-electron chi connectivity index (χ4n) is 1.87. The molecule has 1 aromatic carbocycles. The number of nitrogens with zero attached hydrogens (tertiary/aromatic N) is 2. The van der Waals surface area contributed by atoms with Crippen molar-refractivity contribution < 1.29 is 36.4 Å². The fourth-order valence-corrected chi connectivity index (χ4v) is 2.57. The summed E-state index contributed by atoms with van der Waals surface area (Å²) in [6.45, 7) is 0. The number of benzene rings is 1. The first-order valence-electron chi connectivity index (χ1n) is 7.45. The number of amides is 2. The van der Waals surface area contributed by atoms with Crippen molar-refractivity contribution in [2.45, 2.75) is 0 Å². The highest BCUT2D eigenvalue weighted by atomic mass is 32.2. The molecule has 2 amide bonds. The second-order valence-corrected chi connectivity index (χ2v) is 6.14. The van der Waals surface area contributed by atoms with Crippen LogP contribution < -0.4 is 23.7 Å². The second-order valence-electron chi connectivity index (χ2n) is 4.86. The quantitative estimate of drug-likeness (QED) is 0.622. The number of para-hydroxylation sites is 1. The monoisotopic (exact) mass is 412 g/mol. The van der Waals surface area contributed by atoms with Gasteiger partial charge in [0.2, 0.25) is 17.7 Å². The third-order valence-electron chi connectivity index (χ3n) is 3.03. The highest BCUT2D eigenvalue weighted by Gasteiger charge is 2.22. The van der Waals surface area contributed by atoms with E-state index >= 15 is 0 Å². The van der Waals surface area contributed by atoms with Crippen LogP contribution in [0, 0.1) is 0 Å². The Balaban J connectivity index is 2.13. The summed E-state index contributed by atoms with van der Waals surface area (Å²) in [6, 6.07) is 5.58. The molecule has 0 aliphatic carbocycles. The summed E-state index contributed by atoms with van der Waals surface area (Å²) >= 11 is 0. The summed E-state index contributed by atoms with van der Waals surface area (Å²) in [7, 11) is -0.839. The number of anilines is 1. The number of ether oxygens (including phenoxy) is 3. The number of urea groups is 1. The molecule has 0 atom stereocenters. The third kappa shape index (κ3) is 5.44. The van der Waals surface area contributed by atoms with Crippen molar-refractivity contribution in [1.29, 1.82) is 0 Å². The summed E-state index contributed by atoms with van der Waals surface area (Å²) < 4.78 is 44.9. The average Bonchev–Trinajstić information content (AvgIpc) is 2.66. The summed E-state index contributed by atoms with van der Waals surface area (Å²) in [5.41, 5.74) is -0.142. The number of nitrogens with one attached hydrogen (secondary N) is 2. The number of carbonyl (C=O) groups excluding carboxylic acids is 2. The zero-order chi connectivity index (χ0) is 20.7. The van der Waals surface area contributed by atoms with Gasteiger partial charge in [0.15, 0.2) is 5.75 Å². The van der Waals surface area contributed by atoms with Crippen molar-refractivity contribution >= 4 is 28.3 Å². The Hall–Kier alpha value is -3.61. The van der Waals surface area contributed by atoms with E-state index < -0.39 is 22.3 Å². The van der Waals surface area contributed by atoms with Crippen LogP contribution in [0.1, 0.15) is 10.4 Å². The minimum atomic E-state index is -4.64. The van der Waals surface area contributed by atoms with Gasteiger partial charge in [0.05, 0.1) is 27.4 Å². The van der Waals surface area contributed by atoms with Gasteiger partial charge in [-0.1, -0.05) is 12.1 Å². The number of methoxy groups -OCH3 is 3. The summed E-state index contributed by atoms with van der Waals surface area (Å²) in [5.74, 6) is -1.26. The van der Waals surface area contributed by atoms with Crippen molar-refractivity contribution in [3.05, 3.63) is 35.9 Å². The van der Waals surface area contributed by atoms with Crippen LogP contribution in [0.5, 0.6) is 17.5 Å². The van der Waals surface area contributed by atoms with Crippen molar-refractivity contribution in [2.75, 3.05) is 26.6 Å². The smallest absolute Gasteiger partial charge is 0.411 e. The first-order valence-corrected chi connectivity index (χ1v) is 8.86. The van der Waals surface area contributed by atoms with Crippen LogP contribution in [-0.2, 0) is 15.0 Å². The minimum absolute atomic E-state index is 0.0771. The molecule has 0 aliphatic heterocycles. The van der Waals surface area contributed by atoms with Gasteiger partial charge in [0.25, 0.3) is 0 Å². The van der Waals surface area contributed by atoms with E-state index in [0.29, 0.717) is 0 Å². The Bertz CT molecular complexity index is 958. The molecule has 12 nitrogen and oxygen atoms in total. The fraction of sp³-hybridized carbons (Fsp3) is 0.200. The second kappa shape index (κ2) is 8.85. The molecule has 0 unspecified atom stereocenters. The van der Waals surface area contributed by atoms with Crippen LogP contribution in [0.4, 0.5) is 10.7 Å². The molecular formula is C15H16N4O8S. The van der Waals surface area contributed by atoms with Gasteiger partial charge in [0, 0.05) is 0 Å². The zero-order valence-corrected chi connectivity index (χ0v) is 15.8. The van der Waals surface area contributed by atoms with E-state index in [1.165, 1.54) is 44.6 Å². The molecule has 0 fully saturated rings. The van der Waals surface area contributed by atoms with E-state index in [0.717, 1.165) is 7.11 Å².